The Bertz CT molecular complexity index is 433. The number of nitrogens with zero attached hydrogens (tertiary/aromatic N) is 3. The number of rotatable bonds is 3. The van der Waals surface area contributed by atoms with Gasteiger partial charge in [-0.3, -0.25) is 4.79 Å². The highest BCUT2D eigenvalue weighted by Crippen LogP contribution is 2.36. The summed E-state index contributed by atoms with van der Waals surface area (Å²) in [6.07, 6.45) is 1.47. The molecule has 1 fully saturated rings. The molecule has 0 bridgehead atoms. The zero-order chi connectivity index (χ0) is 13.3. The van der Waals surface area contributed by atoms with E-state index in [2.05, 4.69) is 23.9 Å². The molecule has 3 unspecified atom stereocenters. The van der Waals surface area contributed by atoms with Crippen LogP contribution in [0.15, 0.2) is 6.33 Å². The van der Waals surface area contributed by atoms with Crippen LogP contribution in [0.25, 0.3) is 0 Å². The van der Waals surface area contributed by atoms with Crippen LogP contribution in [0.1, 0.15) is 44.4 Å². The summed E-state index contributed by atoms with van der Waals surface area (Å²) in [5.41, 5.74) is 0. The number of Topliss-reactive ketones (excluding diaryl/α,β-unsaturated/α-hetero) is 1. The molecule has 1 aliphatic heterocycles. The van der Waals surface area contributed by atoms with Crippen LogP contribution in [0.4, 0.5) is 0 Å². The van der Waals surface area contributed by atoms with Gasteiger partial charge in [-0.15, -0.1) is 11.8 Å². The zero-order valence-corrected chi connectivity index (χ0v) is 12.8. The SMILES string of the molecule is CC1SCC(C(=O)c2ncnn2C(C)C)SC1C. The summed E-state index contributed by atoms with van der Waals surface area (Å²) >= 11 is 3.64. The highest BCUT2D eigenvalue weighted by molar-refractivity contribution is 8.08. The minimum absolute atomic E-state index is 0.0166. The summed E-state index contributed by atoms with van der Waals surface area (Å²) in [7, 11) is 0. The molecular formula is C12H19N3OS2. The molecule has 0 radical (unpaired) electrons. The molecule has 4 nitrogen and oxygen atoms in total. The van der Waals surface area contributed by atoms with E-state index >= 15 is 0 Å². The lowest BCUT2D eigenvalue weighted by molar-refractivity contribution is 0.0977. The Morgan fingerprint density at radius 1 is 1.44 bits per heavy atom. The van der Waals surface area contributed by atoms with Crippen molar-refractivity contribution in [2.24, 2.45) is 0 Å². The van der Waals surface area contributed by atoms with Gasteiger partial charge in [-0.2, -0.15) is 16.9 Å². The molecule has 0 saturated carbocycles. The van der Waals surface area contributed by atoms with Crippen molar-refractivity contribution >= 4 is 29.3 Å². The molecule has 1 aromatic heterocycles. The van der Waals surface area contributed by atoms with Crippen molar-refractivity contribution in [3.05, 3.63) is 12.2 Å². The fourth-order valence-electron chi connectivity index (χ4n) is 1.87. The first-order valence-corrected chi connectivity index (χ1v) is 8.20. The van der Waals surface area contributed by atoms with Gasteiger partial charge >= 0.3 is 0 Å². The van der Waals surface area contributed by atoms with Gasteiger partial charge in [0.1, 0.15) is 6.33 Å². The number of thioether (sulfide) groups is 2. The number of carbonyl (C=O) groups excluding carboxylic acids is 1. The predicted octanol–water partition coefficient (Wildman–Crippen LogP) is 2.67. The van der Waals surface area contributed by atoms with Crippen molar-refractivity contribution in [3.8, 4) is 0 Å². The predicted molar refractivity (Wildman–Crippen MR) is 77.5 cm³/mol. The van der Waals surface area contributed by atoms with E-state index in [1.165, 1.54) is 6.33 Å². The van der Waals surface area contributed by atoms with Gasteiger partial charge in [0.25, 0.3) is 0 Å². The van der Waals surface area contributed by atoms with Gasteiger partial charge in [0.15, 0.2) is 5.82 Å². The molecule has 1 aliphatic rings. The molecule has 0 aromatic carbocycles. The van der Waals surface area contributed by atoms with Crippen LogP contribution < -0.4 is 0 Å². The third-order valence-corrected chi connectivity index (χ3v) is 6.52. The molecule has 2 rings (SSSR count). The molecular weight excluding hydrogens is 266 g/mol. The average Bonchev–Trinajstić information content (AvgIpc) is 2.81. The van der Waals surface area contributed by atoms with Gasteiger partial charge in [-0.05, 0) is 13.8 Å². The first kappa shape index (κ1) is 13.9. The maximum absolute atomic E-state index is 12.5. The molecule has 2 heterocycles. The van der Waals surface area contributed by atoms with Crippen molar-refractivity contribution in [2.45, 2.75) is 49.5 Å². The largest absolute Gasteiger partial charge is 0.289 e. The standard InChI is InChI=1S/C12H19N3OS2/c1-7(2)15-12(13-6-14-15)11(16)10-5-17-8(3)9(4)18-10/h6-10H,5H2,1-4H3. The highest BCUT2D eigenvalue weighted by Gasteiger charge is 2.33. The Labute approximate surface area is 116 Å². The van der Waals surface area contributed by atoms with Crippen LogP contribution in [-0.2, 0) is 0 Å². The minimum atomic E-state index is 0.0166. The minimum Gasteiger partial charge on any atom is -0.289 e. The Balaban J connectivity index is 2.14. The molecule has 0 spiro atoms. The van der Waals surface area contributed by atoms with Gasteiger partial charge in [-0.25, -0.2) is 9.67 Å². The number of hydrogen-bond donors (Lipinski definition) is 0. The van der Waals surface area contributed by atoms with Crippen molar-refractivity contribution in [1.82, 2.24) is 14.8 Å². The Kier molecular flexibility index (Phi) is 4.37. The summed E-state index contributed by atoms with van der Waals surface area (Å²) in [5.74, 6) is 1.50. The highest BCUT2D eigenvalue weighted by atomic mass is 32.2. The van der Waals surface area contributed by atoms with Crippen molar-refractivity contribution < 1.29 is 4.79 Å². The van der Waals surface area contributed by atoms with Gasteiger partial charge in [-0.1, -0.05) is 13.8 Å². The lowest BCUT2D eigenvalue weighted by Gasteiger charge is -2.30. The second kappa shape index (κ2) is 5.65. The zero-order valence-electron chi connectivity index (χ0n) is 11.2. The van der Waals surface area contributed by atoms with Crippen LogP contribution in [0, 0.1) is 0 Å². The third kappa shape index (κ3) is 2.74. The summed E-state index contributed by atoms with van der Waals surface area (Å²) in [6, 6.07) is 0.170. The molecule has 0 N–H and O–H groups in total. The first-order valence-electron chi connectivity index (χ1n) is 6.21. The number of aromatic nitrogens is 3. The third-order valence-electron chi connectivity index (χ3n) is 3.13. The van der Waals surface area contributed by atoms with Gasteiger partial charge in [0.05, 0.1) is 5.25 Å². The first-order chi connectivity index (χ1) is 8.50. The van der Waals surface area contributed by atoms with E-state index in [9.17, 15) is 4.79 Å². The Hall–Kier alpha value is -0.490. The van der Waals surface area contributed by atoms with Crippen LogP contribution >= 0.6 is 23.5 Å². The van der Waals surface area contributed by atoms with E-state index in [4.69, 9.17) is 0 Å². The van der Waals surface area contributed by atoms with Crippen LogP contribution in [0.3, 0.4) is 0 Å². The lowest BCUT2D eigenvalue weighted by Crippen LogP contribution is -2.33. The molecule has 0 aliphatic carbocycles. The topological polar surface area (TPSA) is 47.8 Å². The molecule has 1 saturated heterocycles. The number of hydrogen-bond acceptors (Lipinski definition) is 5. The van der Waals surface area contributed by atoms with E-state index < -0.39 is 0 Å². The van der Waals surface area contributed by atoms with Crippen LogP contribution in [0.2, 0.25) is 0 Å². The smallest absolute Gasteiger partial charge is 0.213 e. The molecule has 100 valence electrons. The normalized spacial score (nSPS) is 28.6. The molecule has 6 heteroatoms. The monoisotopic (exact) mass is 285 g/mol. The van der Waals surface area contributed by atoms with Crippen LogP contribution in [0.5, 0.6) is 0 Å². The number of ketones is 1. The second-order valence-corrected chi connectivity index (χ2v) is 7.85. The van der Waals surface area contributed by atoms with Crippen molar-refractivity contribution in [2.75, 3.05) is 5.75 Å². The lowest BCUT2D eigenvalue weighted by atomic mass is 10.2. The summed E-state index contributed by atoms with van der Waals surface area (Å²) in [5, 5.41) is 5.27. The average molecular weight is 285 g/mol. The maximum Gasteiger partial charge on any atom is 0.213 e. The van der Waals surface area contributed by atoms with E-state index in [0.29, 0.717) is 16.3 Å². The van der Waals surface area contributed by atoms with Crippen molar-refractivity contribution in [1.29, 1.82) is 0 Å². The maximum atomic E-state index is 12.5. The van der Waals surface area contributed by atoms with E-state index in [1.807, 2.05) is 25.6 Å². The van der Waals surface area contributed by atoms with Gasteiger partial charge < -0.3 is 0 Å². The molecule has 1 aromatic rings. The summed E-state index contributed by atoms with van der Waals surface area (Å²) in [4.78, 5) is 16.6. The quantitative estimate of drug-likeness (QED) is 0.799. The fraction of sp³-hybridized carbons (Fsp3) is 0.750. The van der Waals surface area contributed by atoms with Crippen molar-refractivity contribution in [3.63, 3.8) is 0 Å². The summed E-state index contributed by atoms with van der Waals surface area (Å²) in [6.45, 7) is 8.44. The second-order valence-electron chi connectivity index (χ2n) is 4.85. The molecule has 0 amide bonds. The summed E-state index contributed by atoms with van der Waals surface area (Å²) < 4.78 is 1.72. The molecule has 3 atom stereocenters. The van der Waals surface area contributed by atoms with Gasteiger partial charge in [0, 0.05) is 22.3 Å². The van der Waals surface area contributed by atoms with E-state index in [0.717, 1.165) is 5.75 Å². The Morgan fingerprint density at radius 3 is 2.78 bits per heavy atom. The van der Waals surface area contributed by atoms with E-state index in [1.54, 1.807) is 16.4 Å². The molecule has 18 heavy (non-hydrogen) atoms. The van der Waals surface area contributed by atoms with E-state index in [-0.39, 0.29) is 17.1 Å². The number of carbonyl (C=O) groups is 1. The Morgan fingerprint density at radius 2 is 2.17 bits per heavy atom. The van der Waals surface area contributed by atoms with Gasteiger partial charge in [0.2, 0.25) is 5.78 Å². The van der Waals surface area contributed by atoms with Crippen LogP contribution in [-0.4, -0.2) is 42.1 Å². The fourth-order valence-corrected chi connectivity index (χ4v) is 4.72.